The third-order valence-corrected chi connectivity index (χ3v) is 5.97. The first kappa shape index (κ1) is 22.7. The van der Waals surface area contributed by atoms with Gasteiger partial charge in [-0.1, -0.05) is 30.3 Å². The number of sulfonamides is 1. The molecule has 1 N–H and O–H groups in total. The topological polar surface area (TPSA) is 75.7 Å². The summed E-state index contributed by atoms with van der Waals surface area (Å²) in [6, 6.07) is 13.2. The number of anilines is 1. The number of aryl methyl sites for hydroxylation is 2. The minimum atomic E-state index is -3.42. The van der Waals surface area contributed by atoms with Crippen molar-refractivity contribution >= 4 is 21.6 Å². The number of hydrogen-bond acceptors (Lipinski definition) is 4. The van der Waals surface area contributed by atoms with Crippen molar-refractivity contribution < 1.29 is 17.9 Å². The van der Waals surface area contributed by atoms with Crippen LogP contribution < -0.4 is 14.4 Å². The Morgan fingerprint density at radius 1 is 1.03 bits per heavy atom. The largest absolute Gasteiger partial charge is 0.491 e. The van der Waals surface area contributed by atoms with Gasteiger partial charge < -0.3 is 10.1 Å². The highest BCUT2D eigenvalue weighted by molar-refractivity contribution is 7.92. The number of para-hydroxylation sites is 1. The molecule has 0 aliphatic heterocycles. The lowest BCUT2D eigenvalue weighted by molar-refractivity contribution is -0.121. The summed E-state index contributed by atoms with van der Waals surface area (Å²) in [6.45, 7) is 6.95. The van der Waals surface area contributed by atoms with Crippen LogP contribution in [0.4, 0.5) is 5.69 Å². The number of rotatable bonds is 10. The molecule has 2 rings (SSSR count). The second-order valence-corrected chi connectivity index (χ2v) is 9.03. The van der Waals surface area contributed by atoms with Gasteiger partial charge in [-0.15, -0.1) is 0 Å². The molecule has 0 radical (unpaired) electrons. The van der Waals surface area contributed by atoms with Gasteiger partial charge in [-0.05, 0) is 56.0 Å². The zero-order chi connectivity index (χ0) is 21.4. The molecular weight excluding hydrogens is 388 g/mol. The van der Waals surface area contributed by atoms with E-state index < -0.39 is 10.0 Å². The predicted molar refractivity (Wildman–Crippen MR) is 117 cm³/mol. The van der Waals surface area contributed by atoms with E-state index in [9.17, 15) is 13.2 Å². The monoisotopic (exact) mass is 418 g/mol. The lowest BCUT2D eigenvalue weighted by atomic mass is 10.1. The number of benzene rings is 2. The molecule has 0 unspecified atom stereocenters. The van der Waals surface area contributed by atoms with Crippen molar-refractivity contribution in [2.24, 2.45) is 0 Å². The Kier molecular flexibility index (Phi) is 8.08. The highest BCUT2D eigenvalue weighted by Gasteiger charge is 2.19. The number of hydrogen-bond donors (Lipinski definition) is 1. The van der Waals surface area contributed by atoms with Crippen molar-refractivity contribution in [3.63, 3.8) is 0 Å². The van der Waals surface area contributed by atoms with E-state index in [0.29, 0.717) is 25.3 Å². The number of carbonyl (C=O) groups excluding carboxylic acids is 1. The minimum Gasteiger partial charge on any atom is -0.491 e. The molecule has 0 atom stereocenters. The molecule has 158 valence electrons. The van der Waals surface area contributed by atoms with Crippen molar-refractivity contribution in [1.82, 2.24) is 5.32 Å². The smallest absolute Gasteiger partial charge is 0.232 e. The van der Waals surface area contributed by atoms with Gasteiger partial charge in [0.2, 0.25) is 15.9 Å². The Morgan fingerprint density at radius 2 is 1.72 bits per heavy atom. The summed E-state index contributed by atoms with van der Waals surface area (Å²) in [5, 5.41) is 2.82. The number of nitrogens with one attached hydrogen (secondary N) is 1. The molecule has 0 saturated heterocycles. The molecule has 0 saturated carbocycles. The summed E-state index contributed by atoms with van der Waals surface area (Å²) in [5.41, 5.74) is 3.79. The molecule has 0 heterocycles. The highest BCUT2D eigenvalue weighted by Crippen LogP contribution is 2.22. The zero-order valence-corrected chi connectivity index (χ0v) is 18.4. The van der Waals surface area contributed by atoms with Crippen LogP contribution in [0, 0.1) is 20.8 Å². The van der Waals surface area contributed by atoms with Gasteiger partial charge in [0, 0.05) is 13.0 Å². The van der Waals surface area contributed by atoms with Crippen molar-refractivity contribution in [2.75, 3.05) is 30.3 Å². The molecule has 0 aliphatic carbocycles. The van der Waals surface area contributed by atoms with Crippen LogP contribution in [0.5, 0.6) is 5.75 Å². The molecule has 7 heteroatoms. The summed E-state index contributed by atoms with van der Waals surface area (Å²) in [5.74, 6) is 0.703. The van der Waals surface area contributed by atoms with Crippen molar-refractivity contribution in [1.29, 1.82) is 0 Å². The van der Waals surface area contributed by atoms with Gasteiger partial charge in [-0.2, -0.15) is 0 Å². The van der Waals surface area contributed by atoms with Gasteiger partial charge in [-0.25, -0.2) is 8.42 Å². The molecule has 29 heavy (non-hydrogen) atoms. The van der Waals surface area contributed by atoms with Gasteiger partial charge >= 0.3 is 0 Å². The first-order valence-electron chi connectivity index (χ1n) is 9.69. The average Bonchev–Trinajstić information content (AvgIpc) is 2.65. The molecule has 6 nitrogen and oxygen atoms in total. The van der Waals surface area contributed by atoms with Crippen molar-refractivity contribution in [3.8, 4) is 5.75 Å². The average molecular weight is 419 g/mol. The summed E-state index contributed by atoms with van der Waals surface area (Å²) in [4.78, 5) is 12.1. The summed E-state index contributed by atoms with van der Waals surface area (Å²) in [6.07, 6.45) is 1.87. The van der Waals surface area contributed by atoms with E-state index in [1.165, 1.54) is 10.6 Å². The fourth-order valence-electron chi connectivity index (χ4n) is 3.01. The molecule has 0 aromatic heterocycles. The summed E-state index contributed by atoms with van der Waals surface area (Å²) in [7, 11) is -3.42. The Labute approximate surface area is 173 Å². The minimum absolute atomic E-state index is 0.118. The SMILES string of the molecule is Cc1ccccc1N(CCCC(=O)NCCOc1cccc(C)c1C)S(C)(=O)=O. The van der Waals surface area contributed by atoms with Crippen LogP contribution >= 0.6 is 0 Å². The maximum atomic E-state index is 12.2. The Balaban J connectivity index is 1.78. The van der Waals surface area contributed by atoms with E-state index in [4.69, 9.17) is 4.74 Å². The van der Waals surface area contributed by atoms with Gasteiger partial charge in [0.25, 0.3) is 0 Å². The van der Waals surface area contributed by atoms with Crippen LogP contribution in [0.25, 0.3) is 0 Å². The molecule has 2 aromatic carbocycles. The quantitative estimate of drug-likeness (QED) is 0.601. The normalized spacial score (nSPS) is 11.2. The molecule has 0 spiro atoms. The molecule has 1 amide bonds. The molecule has 2 aromatic rings. The van der Waals surface area contributed by atoms with E-state index in [2.05, 4.69) is 5.32 Å². The van der Waals surface area contributed by atoms with Crippen molar-refractivity contribution in [3.05, 3.63) is 59.2 Å². The van der Waals surface area contributed by atoms with Crippen LogP contribution in [0.15, 0.2) is 42.5 Å². The number of amides is 1. The number of carbonyl (C=O) groups is 1. The zero-order valence-electron chi connectivity index (χ0n) is 17.6. The van der Waals surface area contributed by atoms with E-state index >= 15 is 0 Å². The third kappa shape index (κ3) is 6.78. The number of nitrogens with zero attached hydrogens (tertiary/aromatic N) is 1. The lowest BCUT2D eigenvalue weighted by Crippen LogP contribution is -2.33. The molecule has 0 fully saturated rings. The van der Waals surface area contributed by atoms with Crippen LogP contribution in [-0.4, -0.2) is 40.3 Å². The van der Waals surface area contributed by atoms with E-state index in [1.54, 1.807) is 6.07 Å². The van der Waals surface area contributed by atoms with E-state index in [-0.39, 0.29) is 18.9 Å². The predicted octanol–water partition coefficient (Wildman–Crippen LogP) is 3.35. The Hall–Kier alpha value is -2.54. The third-order valence-electron chi connectivity index (χ3n) is 4.79. The summed E-state index contributed by atoms with van der Waals surface area (Å²) < 4.78 is 31.4. The number of ether oxygens (including phenoxy) is 1. The van der Waals surface area contributed by atoms with Crippen LogP contribution in [0.2, 0.25) is 0 Å². The van der Waals surface area contributed by atoms with Crippen LogP contribution in [0.3, 0.4) is 0 Å². The van der Waals surface area contributed by atoms with Crippen LogP contribution in [-0.2, 0) is 14.8 Å². The summed E-state index contributed by atoms with van der Waals surface area (Å²) >= 11 is 0. The second-order valence-electron chi connectivity index (χ2n) is 7.12. The van der Waals surface area contributed by atoms with Gasteiger partial charge in [0.1, 0.15) is 12.4 Å². The fraction of sp³-hybridized carbons (Fsp3) is 0.409. The van der Waals surface area contributed by atoms with Gasteiger partial charge in [-0.3, -0.25) is 9.10 Å². The van der Waals surface area contributed by atoms with Crippen molar-refractivity contribution in [2.45, 2.75) is 33.6 Å². The lowest BCUT2D eigenvalue weighted by Gasteiger charge is -2.24. The first-order chi connectivity index (χ1) is 13.7. The maximum absolute atomic E-state index is 12.2. The molecular formula is C22H30N2O4S. The van der Waals surface area contributed by atoms with Gasteiger partial charge in [0.05, 0.1) is 18.5 Å². The van der Waals surface area contributed by atoms with E-state index in [1.807, 2.05) is 57.2 Å². The van der Waals surface area contributed by atoms with E-state index in [0.717, 1.165) is 22.4 Å². The highest BCUT2D eigenvalue weighted by atomic mass is 32.2. The maximum Gasteiger partial charge on any atom is 0.232 e. The first-order valence-corrected chi connectivity index (χ1v) is 11.5. The Bertz CT molecular complexity index is 942. The van der Waals surface area contributed by atoms with Gasteiger partial charge in [0.15, 0.2) is 0 Å². The fourth-order valence-corrected chi connectivity index (χ4v) is 4.03. The Morgan fingerprint density at radius 3 is 2.41 bits per heavy atom. The van der Waals surface area contributed by atoms with Crippen LogP contribution in [0.1, 0.15) is 29.5 Å². The second kappa shape index (κ2) is 10.3. The molecule has 0 aliphatic rings. The standard InChI is InChI=1S/C22H30N2O4S/c1-17-10-7-12-21(19(17)3)28-16-14-23-22(25)13-8-15-24(29(4,26)27)20-11-6-5-9-18(20)2/h5-7,9-12H,8,13-16H2,1-4H3,(H,23,25). The molecule has 0 bridgehead atoms.